The molecule has 174 valence electrons. The van der Waals surface area contributed by atoms with Crippen LogP contribution >= 0.6 is 11.6 Å². The maximum atomic E-state index is 12.1. The number of fused-ring (bicyclic) bond motifs is 1. The number of phenols is 1. The molecule has 3 N–H and O–H groups in total. The molecule has 0 aliphatic heterocycles. The minimum absolute atomic E-state index is 0.0327. The number of rotatable bonds is 6. The Labute approximate surface area is 193 Å². The zero-order chi connectivity index (χ0) is 24.6. The first-order valence-electron chi connectivity index (χ1n) is 8.52. The molecule has 3 aromatic rings. The molecule has 0 bridgehead atoms. The number of azo groups is 1. The van der Waals surface area contributed by atoms with Crippen LogP contribution in [0.2, 0.25) is 0 Å². The first kappa shape index (κ1) is 24.8. The van der Waals surface area contributed by atoms with Gasteiger partial charge in [-0.2, -0.15) is 21.9 Å². The molecule has 0 amide bonds. The Hall–Kier alpha value is -2.88. The van der Waals surface area contributed by atoms with E-state index in [-0.39, 0.29) is 27.0 Å². The first-order chi connectivity index (χ1) is 15.2. The van der Waals surface area contributed by atoms with Crippen molar-refractivity contribution in [1.29, 1.82) is 0 Å². The van der Waals surface area contributed by atoms with E-state index < -0.39 is 45.6 Å². The highest BCUT2D eigenvalue weighted by Gasteiger charge is 2.26. The zero-order valence-corrected chi connectivity index (χ0v) is 19.3. The van der Waals surface area contributed by atoms with Crippen molar-refractivity contribution < 1.29 is 39.5 Å². The second-order valence-corrected chi connectivity index (χ2v) is 11.3. The normalized spacial score (nSPS) is 13.3. The summed E-state index contributed by atoms with van der Waals surface area (Å²) in [5.74, 6) is -0.485. The molecule has 0 unspecified atom stereocenters. The van der Waals surface area contributed by atoms with Crippen LogP contribution in [0.1, 0.15) is 0 Å². The van der Waals surface area contributed by atoms with E-state index in [1.54, 1.807) is 0 Å². The van der Waals surface area contributed by atoms with Crippen LogP contribution in [-0.4, -0.2) is 39.5 Å². The highest BCUT2D eigenvalue weighted by Crippen LogP contribution is 2.39. The highest BCUT2D eigenvalue weighted by atomic mass is 35.5. The van der Waals surface area contributed by atoms with Crippen molar-refractivity contribution in [2.75, 3.05) is 0 Å². The van der Waals surface area contributed by atoms with E-state index in [2.05, 4.69) is 10.2 Å². The minimum Gasteiger partial charge on any atom is -0.506 e. The molecule has 3 rings (SSSR count). The molecule has 3 aromatic carbocycles. The van der Waals surface area contributed by atoms with Crippen LogP contribution in [0.3, 0.4) is 0 Å². The summed E-state index contributed by atoms with van der Waals surface area (Å²) >= 11 is 5.33. The quantitative estimate of drug-likeness (QED) is 0.312. The van der Waals surface area contributed by atoms with Crippen molar-refractivity contribution in [1.82, 2.24) is 0 Å². The number of hydrogen-bond donors (Lipinski definition) is 3. The fourth-order valence-electron chi connectivity index (χ4n) is 2.79. The molecule has 15 heteroatoms. The topological polar surface area (TPSA) is 188 Å². The Morgan fingerprint density at radius 3 is 2.06 bits per heavy atom. The van der Waals surface area contributed by atoms with Crippen LogP contribution in [0.15, 0.2) is 84.4 Å². The lowest BCUT2D eigenvalue weighted by molar-refractivity contribution is 0.466. The monoisotopic (exact) mass is 532 g/mol. The standard InChI is InChI=1S/C18H13ClN2O9S3/c19-6-7-31(23,24)13-3-1-2-12(9-13)20-21-18-14-10-17(33(28,29)30)16(32(25,26)27)8-11(14)4-5-15(18)22/h1-10,22H,(H,25,26,27)(H,28,29,30)/b7-6+,21-20?. The smallest absolute Gasteiger partial charge is 0.295 e. The molecule has 0 aliphatic rings. The molecule has 0 spiro atoms. The number of benzene rings is 3. The molecular formula is C18H13ClN2O9S3. The number of phenolic OH excluding ortho intramolecular Hbond substituents is 1. The van der Waals surface area contributed by atoms with E-state index in [4.69, 9.17) is 11.6 Å². The van der Waals surface area contributed by atoms with E-state index in [1.807, 2.05) is 0 Å². The van der Waals surface area contributed by atoms with Gasteiger partial charge in [0.25, 0.3) is 20.2 Å². The summed E-state index contributed by atoms with van der Waals surface area (Å²) in [6.07, 6.45) is 0. The molecule has 33 heavy (non-hydrogen) atoms. The lowest BCUT2D eigenvalue weighted by Crippen LogP contribution is -2.08. The predicted molar refractivity (Wildman–Crippen MR) is 118 cm³/mol. The van der Waals surface area contributed by atoms with Gasteiger partial charge < -0.3 is 5.11 Å². The van der Waals surface area contributed by atoms with Crippen molar-refractivity contribution >= 4 is 63.8 Å². The summed E-state index contributed by atoms with van der Waals surface area (Å²) in [6, 6.07) is 9.04. The summed E-state index contributed by atoms with van der Waals surface area (Å²) < 4.78 is 89.5. The van der Waals surface area contributed by atoms with Crippen molar-refractivity contribution in [3.05, 3.63) is 59.5 Å². The second kappa shape index (κ2) is 8.81. The maximum absolute atomic E-state index is 12.1. The van der Waals surface area contributed by atoms with E-state index in [0.717, 1.165) is 29.1 Å². The molecule has 0 saturated carbocycles. The van der Waals surface area contributed by atoms with E-state index in [0.29, 0.717) is 6.07 Å². The van der Waals surface area contributed by atoms with Gasteiger partial charge in [-0.25, -0.2) is 8.42 Å². The van der Waals surface area contributed by atoms with E-state index in [9.17, 15) is 39.5 Å². The summed E-state index contributed by atoms with van der Waals surface area (Å²) in [7, 11) is -14.0. The van der Waals surface area contributed by atoms with Gasteiger partial charge in [0.15, 0.2) is 0 Å². The summed E-state index contributed by atoms with van der Waals surface area (Å²) in [5, 5.41) is 18.6. The number of halogens is 1. The highest BCUT2D eigenvalue weighted by molar-refractivity contribution is 7.94. The lowest BCUT2D eigenvalue weighted by Gasteiger charge is -2.09. The van der Waals surface area contributed by atoms with Crippen molar-refractivity contribution in [2.24, 2.45) is 10.2 Å². The van der Waals surface area contributed by atoms with Gasteiger partial charge in [0, 0.05) is 16.3 Å². The van der Waals surface area contributed by atoms with Crippen molar-refractivity contribution in [3.63, 3.8) is 0 Å². The third-order valence-electron chi connectivity index (χ3n) is 4.23. The van der Waals surface area contributed by atoms with Crippen LogP contribution in [0, 0.1) is 0 Å². The van der Waals surface area contributed by atoms with Crippen LogP contribution in [0.4, 0.5) is 11.4 Å². The molecule has 0 radical (unpaired) electrons. The first-order valence-corrected chi connectivity index (χ1v) is 13.4. The Bertz CT molecular complexity index is 1650. The van der Waals surface area contributed by atoms with Gasteiger partial charge in [-0.1, -0.05) is 23.7 Å². The molecule has 0 aliphatic carbocycles. The van der Waals surface area contributed by atoms with Gasteiger partial charge in [-0.05, 0) is 41.8 Å². The fourth-order valence-corrected chi connectivity index (χ4v) is 5.84. The number of aromatic hydroxyl groups is 1. The summed E-state index contributed by atoms with van der Waals surface area (Å²) in [4.78, 5) is -2.36. The Kier molecular flexibility index (Phi) is 6.61. The molecule has 11 nitrogen and oxygen atoms in total. The van der Waals surface area contributed by atoms with Crippen LogP contribution in [-0.2, 0) is 30.1 Å². The van der Waals surface area contributed by atoms with Gasteiger partial charge in [0.2, 0.25) is 9.84 Å². The average molecular weight is 533 g/mol. The Morgan fingerprint density at radius 1 is 0.818 bits per heavy atom. The second-order valence-electron chi connectivity index (χ2n) is 6.41. The summed E-state index contributed by atoms with van der Waals surface area (Å²) in [5.41, 5.74) is 0.555. The zero-order valence-electron chi connectivity index (χ0n) is 16.1. The Morgan fingerprint density at radius 2 is 1.45 bits per heavy atom. The largest absolute Gasteiger partial charge is 0.506 e. The number of nitrogens with zero attached hydrogens (tertiary/aromatic N) is 2. The number of hydrogen-bond acceptors (Lipinski definition) is 9. The molecule has 0 saturated heterocycles. The van der Waals surface area contributed by atoms with Gasteiger partial charge in [0.05, 0.1) is 10.6 Å². The van der Waals surface area contributed by atoms with Crippen LogP contribution in [0.25, 0.3) is 10.8 Å². The van der Waals surface area contributed by atoms with Gasteiger partial charge >= 0.3 is 0 Å². The van der Waals surface area contributed by atoms with Gasteiger partial charge in [-0.3, -0.25) is 9.11 Å². The molecule has 0 heterocycles. The molecule has 0 atom stereocenters. The predicted octanol–water partition coefficient (Wildman–Crippen LogP) is 3.94. The Balaban J connectivity index is 2.23. The third-order valence-corrected chi connectivity index (χ3v) is 7.83. The molecule has 0 fully saturated rings. The van der Waals surface area contributed by atoms with Gasteiger partial charge in [-0.15, -0.1) is 5.11 Å². The maximum Gasteiger partial charge on any atom is 0.295 e. The fraction of sp³-hybridized carbons (Fsp3) is 0. The molecule has 0 aromatic heterocycles. The lowest BCUT2D eigenvalue weighted by atomic mass is 10.1. The third kappa shape index (κ3) is 5.38. The van der Waals surface area contributed by atoms with Gasteiger partial charge in [0.1, 0.15) is 21.2 Å². The van der Waals surface area contributed by atoms with Crippen molar-refractivity contribution in [3.8, 4) is 5.75 Å². The van der Waals surface area contributed by atoms with Crippen LogP contribution in [0.5, 0.6) is 5.75 Å². The van der Waals surface area contributed by atoms with E-state index in [1.165, 1.54) is 24.3 Å². The minimum atomic E-state index is -5.11. The molecular weight excluding hydrogens is 520 g/mol. The average Bonchev–Trinajstić information content (AvgIpc) is 2.71. The van der Waals surface area contributed by atoms with E-state index >= 15 is 0 Å². The number of sulfone groups is 1. The summed E-state index contributed by atoms with van der Waals surface area (Å²) in [6.45, 7) is 0. The SMILES string of the molecule is O=S(=O)(O)c1cc2ccc(O)c(N=Nc3cccc(S(=O)(=O)/C=C/Cl)c3)c2cc1S(=O)(=O)O. The van der Waals surface area contributed by atoms with Crippen LogP contribution < -0.4 is 0 Å². The van der Waals surface area contributed by atoms with Crippen molar-refractivity contribution in [2.45, 2.75) is 14.7 Å².